The molecule has 0 amide bonds. The van der Waals surface area contributed by atoms with Gasteiger partial charge in [0.2, 0.25) is 0 Å². The Hall–Kier alpha value is -9.78. The Kier molecular flexibility index (Phi) is 13.7. The van der Waals surface area contributed by atoms with Gasteiger partial charge in [-0.05, 0) is 203 Å². The molecule has 0 N–H and O–H groups in total. The molecule has 0 spiro atoms. The fourth-order valence-corrected chi connectivity index (χ4v) is 16.4. The first-order valence-electron chi connectivity index (χ1n) is 35.3. The second-order valence-electron chi connectivity index (χ2n) is 32.6. The summed E-state index contributed by atoms with van der Waals surface area (Å²) in [5, 5.41) is 7.31. The van der Waals surface area contributed by atoms with E-state index in [0.717, 1.165) is 79.9 Å². The van der Waals surface area contributed by atoms with Gasteiger partial charge in [-0.2, -0.15) is 0 Å². The van der Waals surface area contributed by atoms with E-state index in [1.165, 1.54) is 110 Å². The molecule has 0 saturated carbocycles. The molecule has 4 aliphatic rings. The number of benzene rings is 10. The lowest BCUT2D eigenvalue weighted by Gasteiger charge is -2.45. The normalized spacial score (nSPS) is 16.1. The monoisotopic (exact) mass is 1260 g/mol. The Bertz CT molecular complexity index is 5430. The molecule has 2 aliphatic carbocycles. The van der Waals surface area contributed by atoms with Crippen LogP contribution < -0.4 is 15.1 Å². The third kappa shape index (κ3) is 9.93. The summed E-state index contributed by atoms with van der Waals surface area (Å²) in [6.45, 7) is 32.4. The lowest BCUT2D eigenvalue weighted by Crippen LogP contribution is -2.49. The van der Waals surface area contributed by atoms with Crippen molar-refractivity contribution in [2.45, 2.75) is 150 Å². The summed E-state index contributed by atoms with van der Waals surface area (Å²) >= 11 is 0. The lowest BCUT2D eigenvalue weighted by atomic mass is 9.32. The van der Waals surface area contributed by atoms with Crippen molar-refractivity contribution in [1.29, 1.82) is 0 Å². The smallest absolute Gasteiger partial charge is 0.255 e. The van der Waals surface area contributed by atoms with E-state index in [2.05, 4.69) is 329 Å². The van der Waals surface area contributed by atoms with Gasteiger partial charge >= 0.3 is 0 Å². The maximum absolute atomic E-state index is 8.27. The Morgan fingerprint density at radius 2 is 0.938 bits per heavy atom. The molecule has 0 bridgehead atoms. The number of hydrogen-bond donors (Lipinski definition) is 0. The number of fused-ring (bicyclic) bond motifs is 11. The first-order chi connectivity index (χ1) is 46.4. The topological polar surface area (TPSA) is 35.5 Å². The van der Waals surface area contributed by atoms with Crippen LogP contribution in [0.4, 0.5) is 11.4 Å². The Morgan fingerprint density at radius 1 is 0.433 bits per heavy atom. The van der Waals surface area contributed by atoms with Crippen LogP contribution in [0.3, 0.4) is 0 Å². The van der Waals surface area contributed by atoms with Crippen molar-refractivity contribution in [2.75, 3.05) is 4.90 Å². The average molecular weight is 1260 g/mol. The number of rotatable bonds is 7. The Balaban J connectivity index is 1.02. The number of nitrogens with zero attached hydrogens (tertiary/aromatic N) is 3. The minimum Gasteiger partial charge on any atom is -0.460 e. The number of allylic oxidation sites excluding steroid dienone is 8. The van der Waals surface area contributed by atoms with Crippen LogP contribution in [0.25, 0.3) is 99.1 Å². The highest BCUT2D eigenvalue weighted by molar-refractivity contribution is 6.90. The SMILES string of the molecule is CC(C)c1ccc(-c2cc3c4c(c2)N(c2cc(-c5ccccc5)cc5oc6ccccc6c25)C2=C(C=C(c5ccccc5)CC2)B4C2=C(O3)C(n3c4ccc(C(C)(C)C)cc4c4cc(C(C)(C)C)ccc43)CC(n3c4ccc(C(C)(C)C)cc4c4cc(C(C)(C)C)ccc43)=C2)cc1. The van der Waals surface area contributed by atoms with E-state index in [0.29, 0.717) is 12.3 Å². The van der Waals surface area contributed by atoms with E-state index < -0.39 is 0 Å². The van der Waals surface area contributed by atoms with Gasteiger partial charge in [0, 0.05) is 61.5 Å². The van der Waals surface area contributed by atoms with E-state index >= 15 is 0 Å². The van der Waals surface area contributed by atoms with Crippen LogP contribution in [-0.2, 0) is 21.7 Å². The zero-order valence-electron chi connectivity index (χ0n) is 58.8. The molecular weight excluding hydrogens is 1180 g/mol. The molecule has 3 aromatic heterocycles. The van der Waals surface area contributed by atoms with E-state index in [-0.39, 0.29) is 34.4 Å². The third-order valence-corrected chi connectivity index (χ3v) is 21.9. The molecule has 5 nitrogen and oxygen atoms in total. The minimum atomic E-state index is -0.278. The van der Waals surface area contributed by atoms with Crippen molar-refractivity contribution >= 4 is 100 Å². The third-order valence-electron chi connectivity index (χ3n) is 21.9. The van der Waals surface area contributed by atoms with Gasteiger partial charge in [-0.1, -0.05) is 230 Å². The summed E-state index contributed by atoms with van der Waals surface area (Å²) in [4.78, 5) is 2.66. The fourth-order valence-electron chi connectivity index (χ4n) is 16.4. The predicted octanol–water partition coefficient (Wildman–Crippen LogP) is 24.3. The van der Waals surface area contributed by atoms with Gasteiger partial charge < -0.3 is 23.2 Å². The maximum Gasteiger partial charge on any atom is 0.255 e. The van der Waals surface area contributed by atoms with E-state index in [1.54, 1.807) is 0 Å². The second-order valence-corrected chi connectivity index (χ2v) is 32.6. The summed E-state index contributed by atoms with van der Waals surface area (Å²) in [5.74, 6) is 2.28. The van der Waals surface area contributed by atoms with Crippen molar-refractivity contribution in [1.82, 2.24) is 9.13 Å². The number of hydrogen-bond acceptors (Lipinski definition) is 3. The van der Waals surface area contributed by atoms with Crippen LogP contribution in [0.1, 0.15) is 162 Å². The Morgan fingerprint density at radius 3 is 1.51 bits per heavy atom. The van der Waals surface area contributed by atoms with E-state index in [1.807, 2.05) is 0 Å². The highest BCUT2D eigenvalue weighted by Gasteiger charge is 2.48. The number of para-hydroxylation sites is 1. The summed E-state index contributed by atoms with van der Waals surface area (Å²) in [6, 6.07) is 78.5. The Labute approximate surface area is 572 Å². The lowest BCUT2D eigenvalue weighted by molar-refractivity contribution is 0.346. The number of aromatic nitrogens is 2. The summed E-state index contributed by atoms with van der Waals surface area (Å²) < 4.78 is 20.6. The highest BCUT2D eigenvalue weighted by Crippen LogP contribution is 2.55. The predicted molar refractivity (Wildman–Crippen MR) is 413 cm³/mol. The molecule has 480 valence electrons. The number of anilines is 2. The number of ether oxygens (including phenoxy) is 1. The van der Waals surface area contributed by atoms with Gasteiger partial charge in [-0.15, -0.1) is 0 Å². The second kappa shape index (κ2) is 21.9. The molecule has 17 rings (SSSR count). The van der Waals surface area contributed by atoms with Gasteiger partial charge in [0.25, 0.3) is 6.71 Å². The number of furan rings is 1. The van der Waals surface area contributed by atoms with Gasteiger partial charge in [0.05, 0.1) is 28.1 Å². The summed E-state index contributed by atoms with van der Waals surface area (Å²) in [6.07, 6.45) is 7.55. The molecule has 0 radical (unpaired) electrons. The van der Waals surface area contributed by atoms with E-state index in [4.69, 9.17) is 9.15 Å². The first-order valence-corrected chi connectivity index (χ1v) is 35.3. The molecule has 0 saturated heterocycles. The van der Waals surface area contributed by atoms with E-state index in [9.17, 15) is 0 Å². The van der Waals surface area contributed by atoms with Crippen LogP contribution in [-0.4, -0.2) is 15.8 Å². The van der Waals surface area contributed by atoms with Crippen molar-refractivity contribution < 1.29 is 9.15 Å². The minimum absolute atomic E-state index is 0.0525. The summed E-state index contributed by atoms with van der Waals surface area (Å²) in [7, 11) is 0. The molecule has 2 aliphatic heterocycles. The van der Waals surface area contributed by atoms with Crippen molar-refractivity contribution in [3.05, 3.63) is 274 Å². The van der Waals surface area contributed by atoms with Crippen LogP contribution in [0, 0.1) is 0 Å². The largest absolute Gasteiger partial charge is 0.460 e. The van der Waals surface area contributed by atoms with Crippen LogP contribution >= 0.6 is 0 Å². The first kappa shape index (κ1) is 60.9. The molecule has 5 heterocycles. The zero-order chi connectivity index (χ0) is 66.9. The van der Waals surface area contributed by atoms with Crippen LogP contribution in [0.15, 0.2) is 245 Å². The van der Waals surface area contributed by atoms with Gasteiger partial charge in [0.15, 0.2) is 0 Å². The van der Waals surface area contributed by atoms with Crippen molar-refractivity contribution in [3.8, 4) is 28.0 Å². The highest BCUT2D eigenvalue weighted by atomic mass is 16.5. The zero-order valence-corrected chi connectivity index (χ0v) is 58.8. The molecule has 13 aromatic rings. The van der Waals surface area contributed by atoms with Gasteiger partial charge in [-0.25, -0.2) is 0 Å². The van der Waals surface area contributed by atoms with Gasteiger partial charge in [0.1, 0.15) is 22.7 Å². The molecule has 10 aromatic carbocycles. The quantitative estimate of drug-likeness (QED) is 0.149. The van der Waals surface area contributed by atoms with Crippen molar-refractivity contribution in [2.24, 2.45) is 0 Å². The fraction of sp³-hybridized carbons (Fsp3) is 0.253. The maximum atomic E-state index is 8.27. The van der Waals surface area contributed by atoms with Gasteiger partial charge in [-0.3, -0.25) is 0 Å². The van der Waals surface area contributed by atoms with Crippen LogP contribution in [0.2, 0.25) is 0 Å². The molecule has 0 fully saturated rings. The molecule has 1 atom stereocenters. The standard InChI is InChI=1S/C91H86BN3O2/c1-54(2)55-29-31-58(32-30-55)61-45-80-86-84(47-61)97-87-73(92(86)72-43-59(56-23-17-15-18-24-56)33-38-78(72)95(80)79-44-60(57-25-19-16-20-26-57)46-83-85(79)67-27-21-22-28-82(67)96-83)52-66(93-74-39-34-62(88(3,4)5)48-68(74)69-49-63(89(6,7)8)35-40-75(69)93)53-81(87)94-76-41-36-64(90(9,10)11)50-70(76)71-51-65(91(12,13)14)37-42-77(71)94/h15-32,34-37,39-52,54,81H,33,38,53H2,1-14H3. The summed E-state index contributed by atoms with van der Waals surface area (Å²) in [5.41, 5.74) is 28.5. The average Bonchev–Trinajstić information content (AvgIpc) is 1.65. The molecule has 6 heteroatoms. The molecular formula is C91H86BN3O2. The van der Waals surface area contributed by atoms with Crippen LogP contribution in [0.5, 0.6) is 5.75 Å². The molecule has 1 unspecified atom stereocenters. The molecule has 97 heavy (non-hydrogen) atoms. The van der Waals surface area contributed by atoms with Crippen molar-refractivity contribution in [3.63, 3.8) is 0 Å².